The van der Waals surface area contributed by atoms with Gasteiger partial charge >= 0.3 is 0 Å². The van der Waals surface area contributed by atoms with E-state index in [1.807, 2.05) is 6.20 Å². The van der Waals surface area contributed by atoms with Crippen LogP contribution in [0.25, 0.3) is 0 Å². The second-order valence-corrected chi connectivity index (χ2v) is 3.29. The predicted molar refractivity (Wildman–Crippen MR) is 39.9 cm³/mol. The highest BCUT2D eigenvalue weighted by Crippen LogP contribution is 2.23. The van der Waals surface area contributed by atoms with Crippen LogP contribution in [0.1, 0.15) is 23.8 Å². The van der Waals surface area contributed by atoms with Gasteiger partial charge in [-0.25, -0.2) is 0 Å². The van der Waals surface area contributed by atoms with Gasteiger partial charge in [-0.2, -0.15) is 0 Å². The van der Waals surface area contributed by atoms with Gasteiger partial charge in [0.15, 0.2) is 0 Å². The summed E-state index contributed by atoms with van der Waals surface area (Å²) in [6, 6.07) is 0.542. The Balaban J connectivity index is 2.12. The fraction of sp³-hybridized carbons (Fsp3) is 0.667. The summed E-state index contributed by atoms with van der Waals surface area (Å²) in [5.74, 6) is 0. The van der Waals surface area contributed by atoms with Crippen molar-refractivity contribution < 1.29 is 0 Å². The SMILES string of the molecule is c1nnsc1C1CCCN1. The van der Waals surface area contributed by atoms with Crippen LogP contribution >= 0.6 is 11.5 Å². The van der Waals surface area contributed by atoms with Crippen molar-refractivity contribution in [2.24, 2.45) is 0 Å². The molecule has 1 fully saturated rings. The molecule has 1 aromatic heterocycles. The summed E-state index contributed by atoms with van der Waals surface area (Å²) in [5, 5.41) is 7.18. The molecule has 1 unspecified atom stereocenters. The van der Waals surface area contributed by atoms with E-state index in [-0.39, 0.29) is 0 Å². The van der Waals surface area contributed by atoms with Crippen molar-refractivity contribution in [2.75, 3.05) is 6.54 Å². The number of rotatable bonds is 1. The Morgan fingerprint density at radius 2 is 2.70 bits per heavy atom. The Morgan fingerprint density at radius 3 is 3.30 bits per heavy atom. The monoisotopic (exact) mass is 155 g/mol. The van der Waals surface area contributed by atoms with E-state index >= 15 is 0 Å². The van der Waals surface area contributed by atoms with Crippen LogP contribution in [-0.2, 0) is 0 Å². The average molecular weight is 155 g/mol. The molecule has 1 N–H and O–H groups in total. The van der Waals surface area contributed by atoms with Gasteiger partial charge in [-0.15, -0.1) is 5.10 Å². The molecule has 2 heterocycles. The van der Waals surface area contributed by atoms with Crippen molar-refractivity contribution in [3.05, 3.63) is 11.1 Å². The van der Waals surface area contributed by atoms with Crippen molar-refractivity contribution in [2.45, 2.75) is 18.9 Å². The summed E-state index contributed by atoms with van der Waals surface area (Å²) in [5.41, 5.74) is 0. The number of nitrogens with one attached hydrogen (secondary N) is 1. The number of hydrogen-bond donors (Lipinski definition) is 1. The molecular weight excluding hydrogens is 146 g/mol. The van der Waals surface area contributed by atoms with Crippen LogP contribution < -0.4 is 5.32 Å². The van der Waals surface area contributed by atoms with Crippen LogP contribution in [0.2, 0.25) is 0 Å². The third-order valence-electron chi connectivity index (χ3n) is 1.78. The van der Waals surface area contributed by atoms with Crippen LogP contribution in [0.3, 0.4) is 0 Å². The summed E-state index contributed by atoms with van der Waals surface area (Å²) >= 11 is 1.50. The Bertz CT molecular complexity index is 191. The van der Waals surface area contributed by atoms with Gasteiger partial charge in [-0.3, -0.25) is 0 Å². The van der Waals surface area contributed by atoms with Crippen LogP contribution in [0.4, 0.5) is 0 Å². The summed E-state index contributed by atoms with van der Waals surface area (Å²) in [6.45, 7) is 1.14. The van der Waals surface area contributed by atoms with Crippen LogP contribution in [0, 0.1) is 0 Å². The fourth-order valence-corrected chi connectivity index (χ4v) is 1.87. The van der Waals surface area contributed by atoms with Crippen molar-refractivity contribution in [3.63, 3.8) is 0 Å². The minimum absolute atomic E-state index is 0.542. The smallest absolute Gasteiger partial charge is 0.0669 e. The lowest BCUT2D eigenvalue weighted by Crippen LogP contribution is -2.11. The van der Waals surface area contributed by atoms with Crippen molar-refractivity contribution in [1.29, 1.82) is 0 Å². The molecule has 0 bridgehead atoms. The van der Waals surface area contributed by atoms with E-state index < -0.39 is 0 Å². The minimum Gasteiger partial charge on any atom is -0.309 e. The zero-order chi connectivity index (χ0) is 6.81. The second kappa shape index (κ2) is 2.64. The zero-order valence-electron chi connectivity index (χ0n) is 5.58. The highest BCUT2D eigenvalue weighted by Gasteiger charge is 2.17. The van der Waals surface area contributed by atoms with Crippen molar-refractivity contribution in [1.82, 2.24) is 14.9 Å². The second-order valence-electron chi connectivity index (χ2n) is 2.47. The Labute approximate surface area is 63.6 Å². The Hall–Kier alpha value is -0.480. The van der Waals surface area contributed by atoms with E-state index in [4.69, 9.17) is 0 Å². The molecule has 1 saturated heterocycles. The van der Waals surface area contributed by atoms with Crippen LogP contribution in [0.15, 0.2) is 6.20 Å². The maximum absolute atomic E-state index is 3.82. The van der Waals surface area contributed by atoms with E-state index in [1.54, 1.807) is 0 Å². The molecule has 54 valence electrons. The maximum Gasteiger partial charge on any atom is 0.0669 e. The number of nitrogens with zero attached hydrogens (tertiary/aromatic N) is 2. The van der Waals surface area contributed by atoms with Gasteiger partial charge in [-0.05, 0) is 30.9 Å². The maximum atomic E-state index is 3.82. The highest BCUT2D eigenvalue weighted by molar-refractivity contribution is 7.05. The fourth-order valence-electron chi connectivity index (χ4n) is 1.26. The number of aromatic nitrogens is 2. The van der Waals surface area contributed by atoms with Gasteiger partial charge < -0.3 is 5.32 Å². The van der Waals surface area contributed by atoms with Gasteiger partial charge in [0.2, 0.25) is 0 Å². The molecule has 0 spiro atoms. The van der Waals surface area contributed by atoms with Gasteiger partial charge in [-0.1, -0.05) is 4.49 Å². The first-order chi connectivity index (χ1) is 4.97. The van der Waals surface area contributed by atoms with E-state index in [9.17, 15) is 0 Å². The third kappa shape index (κ3) is 1.04. The van der Waals surface area contributed by atoms with E-state index in [0.29, 0.717) is 6.04 Å². The Kier molecular flexibility index (Phi) is 1.65. The van der Waals surface area contributed by atoms with Crippen molar-refractivity contribution >= 4 is 11.5 Å². The molecule has 0 aromatic carbocycles. The summed E-state index contributed by atoms with van der Waals surface area (Å²) in [7, 11) is 0. The van der Waals surface area contributed by atoms with E-state index in [1.165, 1.54) is 29.3 Å². The summed E-state index contributed by atoms with van der Waals surface area (Å²) < 4.78 is 3.82. The third-order valence-corrected chi connectivity index (χ3v) is 2.56. The van der Waals surface area contributed by atoms with Crippen molar-refractivity contribution in [3.8, 4) is 0 Å². The largest absolute Gasteiger partial charge is 0.309 e. The quantitative estimate of drug-likeness (QED) is 0.656. The number of hydrogen-bond acceptors (Lipinski definition) is 4. The first-order valence-electron chi connectivity index (χ1n) is 3.47. The topological polar surface area (TPSA) is 37.8 Å². The molecule has 1 aromatic rings. The molecular formula is C6H9N3S. The zero-order valence-corrected chi connectivity index (χ0v) is 6.40. The lowest BCUT2D eigenvalue weighted by molar-refractivity contribution is 0.658. The standard InChI is InChI=1S/C6H9N3S/c1-2-5(7-3-1)6-4-8-9-10-6/h4-5,7H,1-3H2. The first kappa shape index (κ1) is 6.24. The Morgan fingerprint density at radius 1 is 1.70 bits per heavy atom. The van der Waals surface area contributed by atoms with Crippen LogP contribution in [0.5, 0.6) is 0 Å². The predicted octanol–water partition coefficient (Wildman–Crippen LogP) is 0.963. The minimum atomic E-state index is 0.542. The van der Waals surface area contributed by atoms with Gasteiger partial charge in [0, 0.05) is 6.04 Å². The molecule has 0 amide bonds. The lowest BCUT2D eigenvalue weighted by atomic mass is 10.2. The molecule has 3 nitrogen and oxygen atoms in total. The van der Waals surface area contributed by atoms with Gasteiger partial charge in [0.25, 0.3) is 0 Å². The molecule has 4 heteroatoms. The normalized spacial score (nSPS) is 25.4. The molecule has 10 heavy (non-hydrogen) atoms. The molecule has 1 aliphatic rings. The molecule has 2 rings (SSSR count). The first-order valence-corrected chi connectivity index (χ1v) is 4.25. The van der Waals surface area contributed by atoms with Gasteiger partial charge in [0.1, 0.15) is 0 Å². The van der Waals surface area contributed by atoms with E-state index in [2.05, 4.69) is 14.9 Å². The molecule has 0 saturated carbocycles. The average Bonchev–Trinajstić information content (AvgIpc) is 2.59. The summed E-state index contributed by atoms with van der Waals surface area (Å²) in [4.78, 5) is 1.28. The van der Waals surface area contributed by atoms with E-state index in [0.717, 1.165) is 6.54 Å². The van der Waals surface area contributed by atoms with Crippen LogP contribution in [-0.4, -0.2) is 16.1 Å². The summed E-state index contributed by atoms with van der Waals surface area (Å²) in [6.07, 6.45) is 4.38. The molecule has 0 radical (unpaired) electrons. The molecule has 1 atom stereocenters. The molecule has 0 aliphatic carbocycles. The van der Waals surface area contributed by atoms with Gasteiger partial charge in [0.05, 0.1) is 11.1 Å². The molecule has 1 aliphatic heterocycles. The highest BCUT2D eigenvalue weighted by atomic mass is 32.1. The lowest BCUT2D eigenvalue weighted by Gasteiger charge is -2.03.